The monoisotopic (exact) mass is 597 g/mol. The molecule has 11 heteroatoms. The highest BCUT2D eigenvalue weighted by atomic mass is 35.5. The lowest BCUT2D eigenvalue weighted by atomic mass is 10.1. The summed E-state index contributed by atoms with van der Waals surface area (Å²) in [5, 5.41) is 3.36. The van der Waals surface area contributed by atoms with Gasteiger partial charge < -0.3 is 19.7 Å². The van der Waals surface area contributed by atoms with Crippen LogP contribution in [-0.4, -0.2) is 54.8 Å². The lowest BCUT2D eigenvalue weighted by Gasteiger charge is -2.30. The smallest absolute Gasteiger partial charge is 0.294 e. The molecule has 5 rings (SSSR count). The Morgan fingerprint density at radius 3 is 2.58 bits per heavy atom. The quantitative estimate of drug-likeness (QED) is 0.315. The van der Waals surface area contributed by atoms with E-state index in [-0.39, 0.29) is 11.5 Å². The molecule has 2 aliphatic heterocycles. The van der Waals surface area contributed by atoms with Gasteiger partial charge in [-0.15, -0.1) is 0 Å². The second kappa shape index (κ2) is 12.8. The molecule has 2 saturated heterocycles. The van der Waals surface area contributed by atoms with Crippen LogP contribution < -0.4 is 15.0 Å². The summed E-state index contributed by atoms with van der Waals surface area (Å²) in [6, 6.07) is 19.7. The van der Waals surface area contributed by atoms with E-state index in [4.69, 9.17) is 32.7 Å². The first-order valence-electron chi connectivity index (χ1n) is 12.5. The van der Waals surface area contributed by atoms with Crippen molar-refractivity contribution in [2.45, 2.75) is 6.61 Å². The van der Waals surface area contributed by atoms with E-state index >= 15 is 0 Å². The van der Waals surface area contributed by atoms with E-state index in [0.717, 1.165) is 27.9 Å². The number of anilines is 2. The highest BCUT2D eigenvalue weighted by Gasteiger charge is 2.36. The van der Waals surface area contributed by atoms with Gasteiger partial charge >= 0.3 is 0 Å². The van der Waals surface area contributed by atoms with Gasteiger partial charge in [0.25, 0.3) is 11.1 Å². The number of amides is 3. The fraction of sp³-hybridized carbons (Fsp3) is 0.207. The maximum atomic E-state index is 13.2. The SMILES string of the molecule is O=C(CN1C(=O)S/C(=C/c2cc(Cl)ccc2OCc2cccc(Cl)c2)C1=O)Nc1ccccc1N1CCOCC1. The Morgan fingerprint density at radius 1 is 1.00 bits per heavy atom. The number of morpholine rings is 1. The lowest BCUT2D eigenvalue weighted by molar-refractivity contribution is -0.127. The number of thioether (sulfide) groups is 1. The topological polar surface area (TPSA) is 88.2 Å². The Balaban J connectivity index is 1.28. The van der Waals surface area contributed by atoms with Crippen LogP contribution >= 0.6 is 35.0 Å². The number of rotatable bonds is 8. The van der Waals surface area contributed by atoms with Gasteiger partial charge in [0.15, 0.2) is 0 Å². The predicted octanol–water partition coefficient (Wildman–Crippen LogP) is 6.08. The molecule has 2 heterocycles. The molecular weight excluding hydrogens is 573 g/mol. The second-order valence-corrected chi connectivity index (χ2v) is 10.9. The van der Waals surface area contributed by atoms with Crippen molar-refractivity contribution in [2.24, 2.45) is 0 Å². The number of imide groups is 1. The molecule has 2 fully saturated rings. The Morgan fingerprint density at radius 2 is 1.77 bits per heavy atom. The molecule has 0 aliphatic carbocycles. The van der Waals surface area contributed by atoms with Crippen LogP contribution in [0.15, 0.2) is 71.6 Å². The van der Waals surface area contributed by atoms with Gasteiger partial charge in [-0.25, -0.2) is 0 Å². The first-order valence-corrected chi connectivity index (χ1v) is 14.1. The molecule has 40 heavy (non-hydrogen) atoms. The molecule has 0 saturated carbocycles. The number of para-hydroxylation sites is 2. The van der Waals surface area contributed by atoms with Gasteiger partial charge in [0, 0.05) is 28.7 Å². The molecule has 0 radical (unpaired) electrons. The summed E-state index contributed by atoms with van der Waals surface area (Å²) in [7, 11) is 0. The van der Waals surface area contributed by atoms with Crippen molar-refractivity contribution in [3.05, 3.63) is 92.8 Å². The van der Waals surface area contributed by atoms with E-state index in [1.54, 1.807) is 42.5 Å². The Labute approximate surface area is 245 Å². The number of carbonyl (C=O) groups is 3. The number of hydrogen-bond donors (Lipinski definition) is 1. The zero-order valence-electron chi connectivity index (χ0n) is 21.3. The molecule has 206 valence electrons. The molecule has 3 aromatic rings. The normalized spacial score (nSPS) is 16.5. The van der Waals surface area contributed by atoms with E-state index in [1.165, 1.54) is 0 Å². The minimum atomic E-state index is -0.563. The van der Waals surface area contributed by atoms with Crippen LogP contribution in [-0.2, 0) is 20.9 Å². The highest BCUT2D eigenvalue weighted by Crippen LogP contribution is 2.35. The standard InChI is InChI=1S/C29H25Cl2N3O5S/c30-21-5-3-4-19(14-21)18-39-25-9-8-22(31)15-20(25)16-26-28(36)34(29(37)40-26)17-27(35)32-23-6-1-2-7-24(23)33-10-12-38-13-11-33/h1-9,14-16H,10-13,17-18H2,(H,32,35)/b26-16+. The van der Waals surface area contributed by atoms with Gasteiger partial charge in [0.05, 0.1) is 29.5 Å². The van der Waals surface area contributed by atoms with E-state index in [0.29, 0.717) is 53.3 Å². The van der Waals surface area contributed by atoms with Crippen molar-refractivity contribution < 1.29 is 23.9 Å². The molecule has 2 aliphatic rings. The van der Waals surface area contributed by atoms with Crippen molar-refractivity contribution >= 4 is 69.5 Å². The Hall–Kier alpha value is -3.50. The molecule has 0 spiro atoms. The lowest BCUT2D eigenvalue weighted by Crippen LogP contribution is -2.38. The summed E-state index contributed by atoms with van der Waals surface area (Å²) in [4.78, 5) is 42.0. The van der Waals surface area contributed by atoms with Crippen LogP contribution in [0.3, 0.4) is 0 Å². The van der Waals surface area contributed by atoms with E-state index in [9.17, 15) is 14.4 Å². The van der Waals surface area contributed by atoms with E-state index in [2.05, 4.69) is 10.2 Å². The summed E-state index contributed by atoms with van der Waals surface area (Å²) in [5.74, 6) is -0.557. The van der Waals surface area contributed by atoms with Crippen molar-refractivity contribution in [2.75, 3.05) is 43.1 Å². The van der Waals surface area contributed by atoms with Crippen LogP contribution in [0.4, 0.5) is 16.2 Å². The zero-order chi connectivity index (χ0) is 28.1. The average Bonchev–Trinajstić information content (AvgIpc) is 3.20. The molecule has 0 bridgehead atoms. The molecule has 3 amide bonds. The number of nitrogens with one attached hydrogen (secondary N) is 1. The first-order chi connectivity index (χ1) is 19.4. The molecule has 8 nitrogen and oxygen atoms in total. The number of carbonyl (C=O) groups excluding carboxylic acids is 3. The van der Waals surface area contributed by atoms with Crippen molar-refractivity contribution in [1.29, 1.82) is 0 Å². The number of nitrogens with zero attached hydrogens (tertiary/aromatic N) is 2. The molecule has 0 unspecified atom stereocenters. The van der Waals surface area contributed by atoms with Gasteiger partial charge in [-0.05, 0) is 65.9 Å². The summed E-state index contributed by atoms with van der Waals surface area (Å²) in [6.45, 7) is 2.45. The Bertz CT molecular complexity index is 1480. The average molecular weight is 599 g/mol. The number of halogens is 2. The fourth-order valence-electron chi connectivity index (χ4n) is 4.32. The van der Waals surface area contributed by atoms with Crippen LogP contribution in [0.2, 0.25) is 10.0 Å². The number of benzene rings is 3. The first kappa shape index (κ1) is 28.0. The van der Waals surface area contributed by atoms with Gasteiger partial charge in [0.1, 0.15) is 18.9 Å². The summed E-state index contributed by atoms with van der Waals surface area (Å²) < 4.78 is 11.4. The van der Waals surface area contributed by atoms with Gasteiger partial charge in [-0.2, -0.15) is 0 Å². The van der Waals surface area contributed by atoms with Crippen LogP contribution in [0.5, 0.6) is 5.75 Å². The third-order valence-electron chi connectivity index (χ3n) is 6.25. The van der Waals surface area contributed by atoms with E-state index < -0.39 is 23.6 Å². The minimum absolute atomic E-state index is 0.168. The van der Waals surface area contributed by atoms with Gasteiger partial charge in [0.2, 0.25) is 5.91 Å². The third kappa shape index (κ3) is 6.79. The zero-order valence-corrected chi connectivity index (χ0v) is 23.6. The largest absolute Gasteiger partial charge is 0.488 e. The molecule has 0 aromatic heterocycles. The minimum Gasteiger partial charge on any atom is -0.488 e. The maximum absolute atomic E-state index is 13.2. The van der Waals surface area contributed by atoms with Crippen LogP contribution in [0.1, 0.15) is 11.1 Å². The highest BCUT2D eigenvalue weighted by molar-refractivity contribution is 8.18. The van der Waals surface area contributed by atoms with Crippen molar-refractivity contribution in [3.63, 3.8) is 0 Å². The van der Waals surface area contributed by atoms with Gasteiger partial charge in [-0.3, -0.25) is 19.3 Å². The van der Waals surface area contributed by atoms with Crippen molar-refractivity contribution in [3.8, 4) is 5.75 Å². The van der Waals surface area contributed by atoms with Gasteiger partial charge in [-0.1, -0.05) is 47.5 Å². The molecule has 0 atom stereocenters. The van der Waals surface area contributed by atoms with Crippen molar-refractivity contribution in [1.82, 2.24) is 4.90 Å². The Kier molecular flexibility index (Phi) is 8.96. The van der Waals surface area contributed by atoms with E-state index in [1.807, 2.05) is 30.3 Å². The molecule has 1 N–H and O–H groups in total. The summed E-state index contributed by atoms with van der Waals surface area (Å²) in [5.41, 5.74) is 2.87. The van der Waals surface area contributed by atoms with Crippen LogP contribution in [0, 0.1) is 0 Å². The number of hydrogen-bond acceptors (Lipinski definition) is 7. The molecular formula is C29H25Cl2N3O5S. The van der Waals surface area contributed by atoms with Crippen LogP contribution in [0.25, 0.3) is 6.08 Å². The molecule has 3 aromatic carbocycles. The number of ether oxygens (including phenoxy) is 2. The predicted molar refractivity (Wildman–Crippen MR) is 158 cm³/mol. The fourth-order valence-corrected chi connectivity index (χ4v) is 5.54. The third-order valence-corrected chi connectivity index (χ3v) is 7.62. The summed E-state index contributed by atoms with van der Waals surface area (Å²) in [6.07, 6.45) is 1.55. The summed E-state index contributed by atoms with van der Waals surface area (Å²) >= 11 is 13.0. The second-order valence-electron chi connectivity index (χ2n) is 9.03. The maximum Gasteiger partial charge on any atom is 0.294 e.